The highest BCUT2D eigenvalue weighted by Gasteiger charge is 2.50. The Morgan fingerprint density at radius 3 is 1.20 bits per heavy atom. The average molecular weight is 551 g/mol. The van der Waals surface area contributed by atoms with Crippen molar-refractivity contribution in [1.82, 2.24) is 10.6 Å². The monoisotopic (exact) mass is 550 g/mol. The van der Waals surface area contributed by atoms with Crippen LogP contribution >= 0.6 is 0 Å². The first kappa shape index (κ1) is 27.9. The Balaban J connectivity index is 1.26. The first-order chi connectivity index (χ1) is 20.1. The molecule has 5 rings (SSSR count). The van der Waals surface area contributed by atoms with E-state index in [9.17, 15) is 9.59 Å². The number of carbonyl (C=O) groups excluding carboxylic acids is 2. The summed E-state index contributed by atoms with van der Waals surface area (Å²) in [6.07, 6.45) is -0.555. The molecule has 1 saturated heterocycles. The fourth-order valence-electron chi connectivity index (χ4n) is 4.85. The van der Waals surface area contributed by atoms with E-state index in [-0.39, 0.29) is 37.5 Å². The second-order valence-electron chi connectivity index (χ2n) is 10.1. The van der Waals surface area contributed by atoms with Crippen LogP contribution in [-0.2, 0) is 40.3 Å². The third-order valence-electron chi connectivity index (χ3n) is 6.98. The number of carbonyl (C=O) groups is 2. The van der Waals surface area contributed by atoms with Gasteiger partial charge in [-0.1, -0.05) is 121 Å². The van der Waals surface area contributed by atoms with Crippen LogP contribution in [-0.4, -0.2) is 36.5 Å². The zero-order valence-corrected chi connectivity index (χ0v) is 22.7. The molecule has 0 radical (unpaired) electrons. The van der Waals surface area contributed by atoms with E-state index in [1.807, 2.05) is 121 Å². The third-order valence-corrected chi connectivity index (χ3v) is 6.98. The Morgan fingerprint density at radius 2 is 0.854 bits per heavy atom. The summed E-state index contributed by atoms with van der Waals surface area (Å²) < 4.78 is 17.2. The minimum atomic E-state index is -0.515. The van der Waals surface area contributed by atoms with Gasteiger partial charge in [0.25, 0.3) is 0 Å². The van der Waals surface area contributed by atoms with E-state index in [1.54, 1.807) is 0 Å². The van der Waals surface area contributed by atoms with Gasteiger partial charge in [0.1, 0.15) is 25.4 Å². The van der Waals surface area contributed by atoms with Gasteiger partial charge >= 0.3 is 12.2 Å². The fraction of sp³-hybridized carbons (Fsp3) is 0.235. The maximum atomic E-state index is 12.8. The Labute approximate surface area is 240 Å². The molecule has 7 nitrogen and oxygen atoms in total. The summed E-state index contributed by atoms with van der Waals surface area (Å²) in [6, 6.07) is 38.2. The maximum absolute atomic E-state index is 12.8. The van der Waals surface area contributed by atoms with Crippen molar-refractivity contribution < 1.29 is 23.8 Å². The van der Waals surface area contributed by atoms with Gasteiger partial charge < -0.3 is 24.8 Å². The normalized spacial score (nSPS) is 17.1. The molecule has 4 aromatic rings. The average Bonchev–Trinajstić information content (AvgIpc) is 3.82. The van der Waals surface area contributed by atoms with Crippen LogP contribution in [0.15, 0.2) is 121 Å². The Bertz CT molecular complexity index is 1260. The second-order valence-corrected chi connectivity index (χ2v) is 10.1. The molecule has 0 bridgehead atoms. The molecular weight excluding hydrogens is 516 g/mol. The predicted octanol–water partition coefficient (Wildman–Crippen LogP) is 5.83. The quantitative estimate of drug-likeness (QED) is 0.217. The molecule has 0 aliphatic carbocycles. The van der Waals surface area contributed by atoms with Gasteiger partial charge in [-0.25, -0.2) is 9.59 Å². The van der Waals surface area contributed by atoms with Crippen molar-refractivity contribution in [2.45, 2.75) is 50.3 Å². The maximum Gasteiger partial charge on any atom is 0.407 e. The van der Waals surface area contributed by atoms with Gasteiger partial charge in [-0.2, -0.15) is 0 Å². The molecule has 1 aliphatic rings. The van der Waals surface area contributed by atoms with Gasteiger partial charge in [-0.05, 0) is 35.1 Å². The minimum Gasteiger partial charge on any atom is -0.445 e. The predicted molar refractivity (Wildman–Crippen MR) is 156 cm³/mol. The molecular formula is C34H34N2O5. The van der Waals surface area contributed by atoms with E-state index >= 15 is 0 Å². The highest BCUT2D eigenvalue weighted by atomic mass is 16.6. The smallest absolute Gasteiger partial charge is 0.407 e. The summed E-state index contributed by atoms with van der Waals surface area (Å²) in [4.78, 5) is 25.7. The lowest BCUT2D eigenvalue weighted by Gasteiger charge is -2.20. The molecule has 0 saturated carbocycles. The molecule has 4 atom stereocenters. The summed E-state index contributed by atoms with van der Waals surface area (Å²) >= 11 is 0. The van der Waals surface area contributed by atoms with Crippen LogP contribution in [0.4, 0.5) is 9.59 Å². The van der Waals surface area contributed by atoms with Gasteiger partial charge in [-0.3, -0.25) is 0 Å². The summed E-state index contributed by atoms with van der Waals surface area (Å²) in [5.74, 6) is 0. The van der Waals surface area contributed by atoms with E-state index < -0.39 is 12.2 Å². The van der Waals surface area contributed by atoms with E-state index in [4.69, 9.17) is 14.2 Å². The van der Waals surface area contributed by atoms with Gasteiger partial charge in [-0.15, -0.1) is 0 Å². The van der Waals surface area contributed by atoms with Crippen molar-refractivity contribution in [1.29, 1.82) is 0 Å². The van der Waals surface area contributed by atoms with Gasteiger partial charge in [0, 0.05) is 0 Å². The van der Waals surface area contributed by atoms with Gasteiger partial charge in [0.15, 0.2) is 0 Å². The van der Waals surface area contributed by atoms with Crippen LogP contribution < -0.4 is 10.6 Å². The number of hydrogen-bond donors (Lipinski definition) is 2. The standard InChI is InChI=1S/C34H34N2O5/c37-33(39-23-27-17-9-3-10-18-27)35-29(21-25-13-5-1-6-14-25)31-32(41-31)30(22-26-15-7-2-8-16-26)36-34(38)40-24-28-19-11-4-12-20-28/h1-20,29-32H,21-24H2,(H,35,37)(H,36,38)/t29-,30?,31+,32+/m0/s1. The summed E-state index contributed by atoms with van der Waals surface area (Å²) in [5.41, 5.74) is 3.93. The number of ether oxygens (including phenoxy) is 3. The Morgan fingerprint density at radius 1 is 0.537 bits per heavy atom. The van der Waals surface area contributed by atoms with E-state index in [0.717, 1.165) is 22.3 Å². The van der Waals surface area contributed by atoms with Gasteiger partial charge in [0.05, 0.1) is 12.1 Å². The Kier molecular flexibility index (Phi) is 9.63. The zero-order chi connectivity index (χ0) is 28.3. The first-order valence-electron chi connectivity index (χ1n) is 13.8. The number of hydrogen-bond acceptors (Lipinski definition) is 5. The van der Waals surface area contributed by atoms with E-state index in [2.05, 4.69) is 10.6 Å². The van der Waals surface area contributed by atoms with E-state index in [0.29, 0.717) is 12.8 Å². The summed E-state index contributed by atoms with van der Waals surface area (Å²) in [7, 11) is 0. The summed E-state index contributed by atoms with van der Waals surface area (Å²) in [5, 5.41) is 6.03. The molecule has 41 heavy (non-hydrogen) atoms. The molecule has 1 aliphatic heterocycles. The second kappa shape index (κ2) is 14.1. The number of amides is 2. The number of benzene rings is 4. The van der Waals surface area contributed by atoms with Crippen molar-refractivity contribution >= 4 is 12.2 Å². The highest BCUT2D eigenvalue weighted by Crippen LogP contribution is 2.32. The van der Waals surface area contributed by atoms with Crippen LogP contribution in [0.25, 0.3) is 0 Å². The van der Waals surface area contributed by atoms with Crippen LogP contribution in [0.5, 0.6) is 0 Å². The lowest BCUT2D eigenvalue weighted by molar-refractivity contribution is 0.133. The largest absolute Gasteiger partial charge is 0.445 e. The molecule has 1 heterocycles. The van der Waals surface area contributed by atoms with Gasteiger partial charge in [0.2, 0.25) is 0 Å². The number of epoxide rings is 1. The summed E-state index contributed by atoms with van der Waals surface area (Å²) in [6.45, 7) is 0.344. The highest BCUT2D eigenvalue weighted by molar-refractivity contribution is 5.68. The molecule has 1 unspecified atom stereocenters. The fourth-order valence-corrected chi connectivity index (χ4v) is 4.85. The molecule has 1 fully saturated rings. The molecule has 0 spiro atoms. The molecule has 2 amide bonds. The SMILES string of the molecule is O=C(NC(Cc1ccccc1)[C@H]1O[C@@H]1[C@H](Cc1ccccc1)NC(=O)OCc1ccccc1)OCc1ccccc1. The molecule has 2 N–H and O–H groups in total. The van der Waals surface area contributed by atoms with Crippen LogP contribution in [0.2, 0.25) is 0 Å². The van der Waals surface area contributed by atoms with Crippen LogP contribution in [0.3, 0.4) is 0 Å². The third kappa shape index (κ3) is 8.68. The number of nitrogens with one attached hydrogen (secondary N) is 2. The molecule has 4 aromatic carbocycles. The van der Waals surface area contributed by atoms with Crippen molar-refractivity contribution in [3.8, 4) is 0 Å². The topological polar surface area (TPSA) is 89.2 Å². The lowest BCUT2D eigenvalue weighted by atomic mass is 9.96. The van der Waals surface area contributed by atoms with Crippen molar-refractivity contribution in [3.63, 3.8) is 0 Å². The van der Waals surface area contributed by atoms with Crippen molar-refractivity contribution in [2.24, 2.45) is 0 Å². The number of rotatable bonds is 12. The molecule has 0 aromatic heterocycles. The van der Waals surface area contributed by atoms with Crippen molar-refractivity contribution in [3.05, 3.63) is 144 Å². The molecule has 7 heteroatoms. The minimum absolute atomic E-state index is 0.172. The number of alkyl carbamates (subject to hydrolysis) is 2. The van der Waals surface area contributed by atoms with Crippen molar-refractivity contribution in [2.75, 3.05) is 0 Å². The lowest BCUT2D eigenvalue weighted by Crippen LogP contribution is -2.46. The zero-order valence-electron chi connectivity index (χ0n) is 22.7. The Hall–Kier alpha value is -4.62. The van der Waals surface area contributed by atoms with E-state index in [1.165, 1.54) is 0 Å². The van der Waals surface area contributed by atoms with Crippen LogP contribution in [0.1, 0.15) is 22.3 Å². The van der Waals surface area contributed by atoms with Crippen LogP contribution in [0, 0.1) is 0 Å². The molecule has 210 valence electrons. The first-order valence-corrected chi connectivity index (χ1v) is 13.8.